The van der Waals surface area contributed by atoms with E-state index in [1.165, 1.54) is 30.4 Å². The number of thioether (sulfide) groups is 1. The van der Waals surface area contributed by atoms with E-state index >= 15 is 0 Å². The highest BCUT2D eigenvalue weighted by atomic mass is 32.2. The first-order valence-electron chi connectivity index (χ1n) is 5.96. The second-order valence-electron chi connectivity index (χ2n) is 4.44. The molecular formula is C13H17F2NS. The average molecular weight is 257 g/mol. The molecule has 2 unspecified atom stereocenters. The average Bonchev–Trinajstić information content (AvgIpc) is 2.30. The van der Waals surface area contributed by atoms with Crippen LogP contribution in [0.15, 0.2) is 18.2 Å². The van der Waals surface area contributed by atoms with Crippen molar-refractivity contribution < 1.29 is 8.78 Å². The Balaban J connectivity index is 2.05. The summed E-state index contributed by atoms with van der Waals surface area (Å²) < 4.78 is 27.1. The molecule has 1 aromatic rings. The minimum atomic E-state index is -0.464. The Labute approximate surface area is 105 Å². The van der Waals surface area contributed by atoms with Gasteiger partial charge in [-0.3, -0.25) is 0 Å². The Morgan fingerprint density at radius 2 is 2.06 bits per heavy atom. The number of benzene rings is 1. The van der Waals surface area contributed by atoms with Gasteiger partial charge in [0.25, 0.3) is 0 Å². The van der Waals surface area contributed by atoms with E-state index in [9.17, 15) is 8.78 Å². The lowest BCUT2D eigenvalue weighted by Gasteiger charge is -2.26. The molecule has 1 nitrogen and oxygen atoms in total. The van der Waals surface area contributed by atoms with Crippen LogP contribution in [0.4, 0.5) is 8.78 Å². The number of hydrogen-bond acceptors (Lipinski definition) is 2. The van der Waals surface area contributed by atoms with E-state index in [-0.39, 0.29) is 11.6 Å². The molecular weight excluding hydrogens is 240 g/mol. The van der Waals surface area contributed by atoms with Gasteiger partial charge in [0.15, 0.2) is 0 Å². The molecule has 0 spiro atoms. The SMILES string of the molecule is CC(NC1CCCSC1)c1c(F)cccc1F. The van der Waals surface area contributed by atoms with Crippen molar-refractivity contribution in [1.29, 1.82) is 0 Å². The van der Waals surface area contributed by atoms with Gasteiger partial charge in [0.05, 0.1) is 0 Å². The third-order valence-corrected chi connectivity index (χ3v) is 4.29. The van der Waals surface area contributed by atoms with Gasteiger partial charge < -0.3 is 5.32 Å². The molecule has 4 heteroatoms. The molecule has 0 aromatic heterocycles. The third kappa shape index (κ3) is 3.19. The second-order valence-corrected chi connectivity index (χ2v) is 5.59. The molecule has 1 N–H and O–H groups in total. The normalized spacial score (nSPS) is 22.4. The molecule has 0 bridgehead atoms. The van der Waals surface area contributed by atoms with E-state index in [1.54, 1.807) is 0 Å². The van der Waals surface area contributed by atoms with E-state index in [2.05, 4.69) is 5.32 Å². The zero-order valence-corrected chi connectivity index (χ0v) is 10.7. The molecule has 0 amide bonds. The largest absolute Gasteiger partial charge is 0.306 e. The monoisotopic (exact) mass is 257 g/mol. The summed E-state index contributed by atoms with van der Waals surface area (Å²) in [5.74, 6) is 1.29. The Kier molecular flexibility index (Phi) is 4.40. The van der Waals surface area contributed by atoms with Crippen LogP contribution in [0.2, 0.25) is 0 Å². The van der Waals surface area contributed by atoms with Crippen LogP contribution < -0.4 is 5.32 Å². The van der Waals surface area contributed by atoms with Crippen molar-refractivity contribution in [3.05, 3.63) is 35.4 Å². The zero-order chi connectivity index (χ0) is 12.3. The zero-order valence-electron chi connectivity index (χ0n) is 9.88. The van der Waals surface area contributed by atoms with Crippen LogP contribution in [0.25, 0.3) is 0 Å². The highest BCUT2D eigenvalue weighted by Crippen LogP contribution is 2.24. The van der Waals surface area contributed by atoms with Crippen LogP contribution in [0.5, 0.6) is 0 Å². The van der Waals surface area contributed by atoms with Gasteiger partial charge in [-0.1, -0.05) is 6.07 Å². The first-order chi connectivity index (χ1) is 8.18. The van der Waals surface area contributed by atoms with Crippen molar-refractivity contribution in [3.8, 4) is 0 Å². The van der Waals surface area contributed by atoms with Crippen molar-refractivity contribution >= 4 is 11.8 Å². The molecule has 94 valence electrons. The predicted octanol–water partition coefficient (Wildman–Crippen LogP) is 3.51. The van der Waals surface area contributed by atoms with Gasteiger partial charge in [0.1, 0.15) is 11.6 Å². The Morgan fingerprint density at radius 3 is 2.65 bits per heavy atom. The molecule has 17 heavy (non-hydrogen) atoms. The molecule has 2 atom stereocenters. The fraction of sp³-hybridized carbons (Fsp3) is 0.538. The van der Waals surface area contributed by atoms with Gasteiger partial charge in [-0.2, -0.15) is 11.8 Å². The minimum Gasteiger partial charge on any atom is -0.306 e. The minimum absolute atomic E-state index is 0.156. The van der Waals surface area contributed by atoms with Crippen molar-refractivity contribution in [3.63, 3.8) is 0 Å². The molecule has 0 radical (unpaired) electrons. The molecule has 1 heterocycles. The second kappa shape index (κ2) is 5.83. The molecule has 1 aliphatic rings. The highest BCUT2D eigenvalue weighted by Gasteiger charge is 2.20. The lowest BCUT2D eigenvalue weighted by atomic mass is 10.0. The summed E-state index contributed by atoms with van der Waals surface area (Å²) in [5.41, 5.74) is 0.156. The molecule has 0 saturated carbocycles. The van der Waals surface area contributed by atoms with Gasteiger partial charge in [-0.15, -0.1) is 0 Å². The van der Waals surface area contributed by atoms with E-state index < -0.39 is 11.6 Å². The Morgan fingerprint density at radius 1 is 1.35 bits per heavy atom. The number of nitrogens with one attached hydrogen (secondary N) is 1. The van der Waals surface area contributed by atoms with Crippen molar-refractivity contribution in [2.75, 3.05) is 11.5 Å². The van der Waals surface area contributed by atoms with Crippen LogP contribution in [0.3, 0.4) is 0 Å². The summed E-state index contributed by atoms with van der Waals surface area (Å²) >= 11 is 1.90. The number of rotatable bonds is 3. The summed E-state index contributed by atoms with van der Waals surface area (Å²) in [6.07, 6.45) is 2.27. The Bertz CT molecular complexity index is 357. The van der Waals surface area contributed by atoms with Crippen LogP contribution in [-0.4, -0.2) is 17.5 Å². The molecule has 1 aliphatic heterocycles. The maximum absolute atomic E-state index is 13.6. The molecule has 1 aromatic carbocycles. The van der Waals surface area contributed by atoms with E-state index in [0.29, 0.717) is 6.04 Å². The van der Waals surface area contributed by atoms with E-state index in [0.717, 1.165) is 12.2 Å². The maximum atomic E-state index is 13.6. The van der Waals surface area contributed by atoms with Gasteiger partial charge >= 0.3 is 0 Å². The lowest BCUT2D eigenvalue weighted by Crippen LogP contribution is -2.36. The fourth-order valence-corrected chi connectivity index (χ4v) is 3.32. The van der Waals surface area contributed by atoms with Crippen LogP contribution in [-0.2, 0) is 0 Å². The predicted molar refractivity (Wildman–Crippen MR) is 68.3 cm³/mol. The standard InChI is InChI=1S/C13H17F2NS/c1-9(16-10-4-3-7-17-8-10)13-11(14)5-2-6-12(13)15/h2,5-6,9-10,16H,3-4,7-8H2,1H3. The molecule has 2 rings (SSSR count). The summed E-state index contributed by atoms with van der Waals surface area (Å²) in [7, 11) is 0. The van der Waals surface area contributed by atoms with E-state index in [1.807, 2.05) is 18.7 Å². The van der Waals surface area contributed by atoms with Crippen molar-refractivity contribution in [2.45, 2.75) is 31.8 Å². The topological polar surface area (TPSA) is 12.0 Å². The van der Waals surface area contributed by atoms with Crippen molar-refractivity contribution in [1.82, 2.24) is 5.32 Å². The van der Waals surface area contributed by atoms with Gasteiger partial charge in [-0.05, 0) is 37.7 Å². The van der Waals surface area contributed by atoms with Gasteiger partial charge in [-0.25, -0.2) is 8.78 Å². The van der Waals surface area contributed by atoms with Crippen molar-refractivity contribution in [2.24, 2.45) is 0 Å². The maximum Gasteiger partial charge on any atom is 0.130 e. The molecule has 1 fully saturated rings. The first kappa shape index (κ1) is 12.8. The quantitative estimate of drug-likeness (QED) is 0.889. The van der Waals surface area contributed by atoms with Crippen LogP contribution in [0.1, 0.15) is 31.4 Å². The number of halogens is 2. The first-order valence-corrected chi connectivity index (χ1v) is 7.11. The van der Waals surface area contributed by atoms with Gasteiger partial charge in [0.2, 0.25) is 0 Å². The Hall–Kier alpha value is -0.610. The summed E-state index contributed by atoms with van der Waals surface area (Å²) in [6.45, 7) is 1.82. The highest BCUT2D eigenvalue weighted by molar-refractivity contribution is 7.99. The third-order valence-electron chi connectivity index (χ3n) is 3.08. The molecule has 0 aliphatic carbocycles. The summed E-state index contributed by atoms with van der Waals surface area (Å²) in [5, 5.41) is 3.32. The lowest BCUT2D eigenvalue weighted by molar-refractivity contribution is 0.425. The van der Waals surface area contributed by atoms with Gasteiger partial charge in [0, 0.05) is 23.4 Å². The number of hydrogen-bond donors (Lipinski definition) is 1. The summed E-state index contributed by atoms with van der Waals surface area (Å²) in [4.78, 5) is 0. The van der Waals surface area contributed by atoms with E-state index in [4.69, 9.17) is 0 Å². The summed E-state index contributed by atoms with van der Waals surface area (Å²) in [6, 6.07) is 4.11. The smallest absolute Gasteiger partial charge is 0.130 e. The van der Waals surface area contributed by atoms with Crippen LogP contribution >= 0.6 is 11.8 Å². The molecule has 1 saturated heterocycles. The fourth-order valence-electron chi connectivity index (χ4n) is 2.23. The van der Waals surface area contributed by atoms with Crippen LogP contribution in [0, 0.1) is 11.6 Å².